The van der Waals surface area contributed by atoms with Crippen molar-refractivity contribution in [3.05, 3.63) is 47.2 Å². The maximum Gasteiger partial charge on any atom is 0.189 e. The summed E-state index contributed by atoms with van der Waals surface area (Å²) in [5.41, 5.74) is 12.4. The molecular weight excluding hydrogens is 396 g/mol. The number of nitrogens with one attached hydrogen (secondary N) is 1. The van der Waals surface area contributed by atoms with Crippen LogP contribution < -0.4 is 20.8 Å². The Morgan fingerprint density at radius 1 is 1.25 bits per heavy atom. The van der Waals surface area contributed by atoms with Crippen LogP contribution in [0, 0.1) is 0 Å². The number of pyridine rings is 1. The zero-order valence-electron chi connectivity index (χ0n) is 15.3. The van der Waals surface area contributed by atoms with Gasteiger partial charge >= 0.3 is 0 Å². The fourth-order valence-corrected chi connectivity index (χ4v) is 3.68. The molecule has 0 aliphatic carbocycles. The Bertz CT molecular complexity index is 913. The molecule has 1 fully saturated rings. The van der Waals surface area contributed by atoms with Gasteiger partial charge < -0.3 is 20.3 Å². The summed E-state index contributed by atoms with van der Waals surface area (Å²) in [6.07, 6.45) is 2.26. The summed E-state index contributed by atoms with van der Waals surface area (Å²) in [6, 6.07) is 9.71. The normalized spacial score (nSPS) is 17.8. The highest BCUT2D eigenvalue weighted by molar-refractivity contribution is 7.80. The third-order valence-corrected chi connectivity index (χ3v) is 5.33. The first-order chi connectivity index (χ1) is 13.6. The lowest BCUT2D eigenvalue weighted by molar-refractivity contribution is 0.318. The van der Waals surface area contributed by atoms with Gasteiger partial charge in [-0.2, -0.15) is 5.10 Å². The highest BCUT2D eigenvalue weighted by Crippen LogP contribution is 2.26. The maximum absolute atomic E-state index is 5.98. The zero-order valence-corrected chi connectivity index (χ0v) is 16.8. The molecule has 7 nitrogen and oxygen atoms in total. The number of thiocarbonyl (C=S) groups is 1. The lowest BCUT2D eigenvalue weighted by Gasteiger charge is -2.37. The van der Waals surface area contributed by atoms with Crippen LogP contribution in [0.15, 0.2) is 41.6 Å². The fraction of sp³-hybridized carbons (Fsp3) is 0.316. The zero-order chi connectivity index (χ0) is 19.5. The quantitative estimate of drug-likeness (QED) is 0.442. The second kappa shape index (κ2) is 8.20. The molecule has 28 heavy (non-hydrogen) atoms. The SMILES string of the molecule is Nc1cccc(N2CCN(C(=S)N/N=C3/CCOc4cc(Cl)cnc43)CC2)c1. The van der Waals surface area contributed by atoms with Crippen molar-refractivity contribution >= 4 is 46.0 Å². The fourth-order valence-electron chi connectivity index (χ4n) is 3.31. The van der Waals surface area contributed by atoms with E-state index in [1.807, 2.05) is 18.2 Å². The molecule has 3 heterocycles. The van der Waals surface area contributed by atoms with Crippen molar-refractivity contribution in [2.75, 3.05) is 43.4 Å². The van der Waals surface area contributed by atoms with Gasteiger partial charge in [0.15, 0.2) is 5.11 Å². The monoisotopic (exact) mass is 416 g/mol. The molecule has 0 amide bonds. The second-order valence-corrected chi connectivity index (χ2v) is 7.47. The molecule has 4 rings (SSSR count). The highest BCUT2D eigenvalue weighted by atomic mass is 35.5. The van der Waals surface area contributed by atoms with Crippen LogP contribution >= 0.6 is 23.8 Å². The van der Waals surface area contributed by atoms with Crippen molar-refractivity contribution in [1.29, 1.82) is 0 Å². The van der Waals surface area contributed by atoms with Crippen LogP contribution in [0.25, 0.3) is 0 Å². The molecule has 0 bridgehead atoms. The van der Waals surface area contributed by atoms with Gasteiger partial charge in [-0.3, -0.25) is 5.43 Å². The number of aromatic nitrogens is 1. The van der Waals surface area contributed by atoms with Crippen LogP contribution in [0.5, 0.6) is 5.75 Å². The molecule has 2 aliphatic heterocycles. The summed E-state index contributed by atoms with van der Waals surface area (Å²) in [7, 11) is 0. The van der Waals surface area contributed by atoms with Gasteiger partial charge in [0.2, 0.25) is 0 Å². The molecule has 0 unspecified atom stereocenters. The molecule has 9 heteroatoms. The Morgan fingerprint density at radius 2 is 2.07 bits per heavy atom. The van der Waals surface area contributed by atoms with Crippen LogP contribution in [-0.4, -0.2) is 53.5 Å². The molecule has 146 valence electrons. The average molecular weight is 417 g/mol. The van der Waals surface area contributed by atoms with E-state index < -0.39 is 0 Å². The number of piperazine rings is 1. The Kier molecular flexibility index (Phi) is 5.50. The summed E-state index contributed by atoms with van der Waals surface area (Å²) in [5, 5.41) is 5.64. The summed E-state index contributed by atoms with van der Waals surface area (Å²) in [4.78, 5) is 8.77. The van der Waals surface area contributed by atoms with Gasteiger partial charge in [0.25, 0.3) is 0 Å². The Balaban J connectivity index is 1.36. The molecule has 0 spiro atoms. The van der Waals surface area contributed by atoms with E-state index in [4.69, 9.17) is 34.3 Å². The first kappa shape index (κ1) is 18.8. The van der Waals surface area contributed by atoms with Gasteiger partial charge in [0, 0.05) is 56.2 Å². The first-order valence-electron chi connectivity index (χ1n) is 9.11. The van der Waals surface area contributed by atoms with E-state index >= 15 is 0 Å². The third kappa shape index (κ3) is 4.13. The number of anilines is 2. The van der Waals surface area contributed by atoms with E-state index in [0.29, 0.717) is 34.6 Å². The van der Waals surface area contributed by atoms with Crippen molar-refractivity contribution in [3.8, 4) is 5.75 Å². The minimum absolute atomic E-state index is 0.543. The topological polar surface area (TPSA) is 79.0 Å². The van der Waals surface area contributed by atoms with Crippen LogP contribution in [-0.2, 0) is 0 Å². The second-order valence-electron chi connectivity index (χ2n) is 6.64. The van der Waals surface area contributed by atoms with Crippen LogP contribution in [0.4, 0.5) is 11.4 Å². The van der Waals surface area contributed by atoms with Crippen molar-refractivity contribution in [2.45, 2.75) is 6.42 Å². The van der Waals surface area contributed by atoms with E-state index in [9.17, 15) is 0 Å². The molecule has 1 aromatic heterocycles. The van der Waals surface area contributed by atoms with Gasteiger partial charge in [-0.25, -0.2) is 4.98 Å². The van der Waals surface area contributed by atoms with Crippen LogP contribution in [0.2, 0.25) is 5.02 Å². The van der Waals surface area contributed by atoms with Gasteiger partial charge in [-0.1, -0.05) is 17.7 Å². The van der Waals surface area contributed by atoms with E-state index in [2.05, 4.69) is 31.4 Å². The van der Waals surface area contributed by atoms with Crippen molar-refractivity contribution in [2.24, 2.45) is 5.10 Å². The largest absolute Gasteiger partial charge is 0.491 e. The smallest absolute Gasteiger partial charge is 0.189 e. The number of ether oxygens (including phenoxy) is 1. The molecule has 3 N–H and O–H groups in total. The number of nitrogens with two attached hydrogens (primary N) is 1. The molecule has 1 saturated heterocycles. The number of hydrazone groups is 1. The van der Waals surface area contributed by atoms with E-state index in [0.717, 1.165) is 43.3 Å². The van der Waals surface area contributed by atoms with E-state index in [1.165, 1.54) is 0 Å². The standard InChI is InChI=1S/C19H21ClN6OS/c20-13-10-17-18(22-12-13)16(4-9-27-17)23-24-19(28)26-7-5-25(6-8-26)15-3-1-2-14(21)11-15/h1-3,10-12H,4-9,21H2,(H,24,28)/b23-16-. The molecule has 2 aromatic rings. The van der Waals surface area contributed by atoms with Crippen LogP contribution in [0.1, 0.15) is 12.1 Å². The number of rotatable bonds is 2. The van der Waals surface area contributed by atoms with Gasteiger partial charge in [-0.15, -0.1) is 0 Å². The minimum atomic E-state index is 0.543. The third-order valence-electron chi connectivity index (χ3n) is 4.78. The molecule has 1 aromatic carbocycles. The molecule has 2 aliphatic rings. The number of halogens is 1. The van der Waals surface area contributed by atoms with Gasteiger partial charge in [0.1, 0.15) is 11.4 Å². The number of hydrogen-bond acceptors (Lipinski definition) is 6. The number of nitrogens with zero attached hydrogens (tertiary/aromatic N) is 4. The van der Waals surface area contributed by atoms with E-state index in [-0.39, 0.29) is 0 Å². The average Bonchev–Trinajstić information content (AvgIpc) is 2.72. The molecule has 0 atom stereocenters. The predicted molar refractivity (Wildman–Crippen MR) is 116 cm³/mol. The summed E-state index contributed by atoms with van der Waals surface area (Å²) >= 11 is 11.5. The van der Waals surface area contributed by atoms with Crippen LogP contribution in [0.3, 0.4) is 0 Å². The number of benzene rings is 1. The van der Waals surface area contributed by atoms with E-state index in [1.54, 1.807) is 12.3 Å². The Hall–Kier alpha value is -2.58. The summed E-state index contributed by atoms with van der Waals surface area (Å²) in [5.74, 6) is 0.654. The number of hydrogen-bond donors (Lipinski definition) is 2. The first-order valence-corrected chi connectivity index (χ1v) is 9.89. The lowest BCUT2D eigenvalue weighted by Crippen LogP contribution is -2.51. The van der Waals surface area contributed by atoms with Gasteiger partial charge in [-0.05, 0) is 30.4 Å². The molecular formula is C19H21ClN6OS. The summed E-state index contributed by atoms with van der Waals surface area (Å²) in [6.45, 7) is 3.93. The van der Waals surface area contributed by atoms with Crippen molar-refractivity contribution in [1.82, 2.24) is 15.3 Å². The van der Waals surface area contributed by atoms with Crippen molar-refractivity contribution < 1.29 is 4.74 Å². The minimum Gasteiger partial charge on any atom is -0.491 e. The number of nitrogen functional groups attached to an aromatic ring is 1. The lowest BCUT2D eigenvalue weighted by atomic mass is 10.1. The predicted octanol–water partition coefficient (Wildman–Crippen LogP) is 2.50. The number of fused-ring (bicyclic) bond motifs is 1. The maximum atomic E-state index is 5.98. The highest BCUT2D eigenvalue weighted by Gasteiger charge is 2.21. The molecule has 0 saturated carbocycles. The van der Waals surface area contributed by atoms with Crippen molar-refractivity contribution in [3.63, 3.8) is 0 Å². The van der Waals surface area contributed by atoms with Gasteiger partial charge in [0.05, 0.1) is 17.3 Å². The molecule has 0 radical (unpaired) electrons. The Labute approximate surface area is 174 Å². The Morgan fingerprint density at radius 3 is 2.86 bits per heavy atom. The summed E-state index contributed by atoms with van der Waals surface area (Å²) < 4.78 is 5.61.